The lowest BCUT2D eigenvalue weighted by Crippen LogP contribution is -2.18. The van der Waals surface area contributed by atoms with Gasteiger partial charge in [0.1, 0.15) is 5.75 Å². The molecule has 1 N–H and O–H groups in total. The molecular weight excluding hydrogens is 380 g/mol. The van der Waals surface area contributed by atoms with Crippen molar-refractivity contribution in [3.63, 3.8) is 0 Å². The Balaban J connectivity index is 2.15. The van der Waals surface area contributed by atoms with Crippen LogP contribution >= 0.6 is 11.6 Å². The Hall–Kier alpha value is -2.73. The van der Waals surface area contributed by atoms with Gasteiger partial charge < -0.3 is 14.2 Å². The van der Waals surface area contributed by atoms with Crippen LogP contribution < -0.4 is 19.6 Å². The molecular formula is C21H25ClN2O4. The second-order valence-electron chi connectivity index (χ2n) is 6.37. The van der Waals surface area contributed by atoms with E-state index in [2.05, 4.69) is 24.4 Å². The van der Waals surface area contributed by atoms with E-state index in [4.69, 9.17) is 25.8 Å². The molecule has 2 rings (SSSR count). The van der Waals surface area contributed by atoms with E-state index in [-0.39, 0.29) is 5.91 Å². The molecule has 0 atom stereocenters. The maximum Gasteiger partial charge on any atom is 0.275 e. The van der Waals surface area contributed by atoms with Gasteiger partial charge in [-0.2, -0.15) is 5.10 Å². The lowest BCUT2D eigenvalue weighted by atomic mass is 10.2. The Bertz CT molecular complexity index is 837. The largest absolute Gasteiger partial charge is 0.496 e. The predicted octanol–water partition coefficient (Wildman–Crippen LogP) is 4.55. The molecule has 0 aliphatic rings. The zero-order valence-corrected chi connectivity index (χ0v) is 17.2. The van der Waals surface area contributed by atoms with Crippen molar-refractivity contribution in [3.8, 4) is 17.2 Å². The second kappa shape index (κ2) is 10.6. The van der Waals surface area contributed by atoms with Crippen LogP contribution in [0.1, 0.15) is 36.7 Å². The molecule has 6 nitrogen and oxygen atoms in total. The van der Waals surface area contributed by atoms with Crippen molar-refractivity contribution in [2.45, 2.75) is 20.8 Å². The van der Waals surface area contributed by atoms with Crippen molar-refractivity contribution >= 4 is 23.7 Å². The quantitative estimate of drug-likeness (QED) is 0.492. The number of carbonyl (C=O) groups excluding carboxylic acids is 1. The van der Waals surface area contributed by atoms with Crippen LogP contribution in [0, 0.1) is 5.92 Å². The van der Waals surface area contributed by atoms with E-state index < -0.39 is 0 Å². The Labute approximate surface area is 170 Å². The lowest BCUT2D eigenvalue weighted by molar-refractivity contribution is 0.0952. The maximum absolute atomic E-state index is 12.3. The third-order valence-electron chi connectivity index (χ3n) is 3.62. The summed E-state index contributed by atoms with van der Waals surface area (Å²) in [6, 6.07) is 10.4. The average molecular weight is 405 g/mol. The number of methoxy groups -OCH3 is 1. The predicted molar refractivity (Wildman–Crippen MR) is 111 cm³/mol. The summed E-state index contributed by atoms with van der Waals surface area (Å²) < 4.78 is 16.6. The number of para-hydroxylation sites is 1. The smallest absolute Gasteiger partial charge is 0.275 e. The van der Waals surface area contributed by atoms with Gasteiger partial charge >= 0.3 is 0 Å². The maximum atomic E-state index is 12.3. The molecule has 0 aliphatic heterocycles. The fourth-order valence-electron chi connectivity index (χ4n) is 2.37. The van der Waals surface area contributed by atoms with Crippen LogP contribution in [0.5, 0.6) is 17.2 Å². The molecule has 2 aromatic rings. The van der Waals surface area contributed by atoms with E-state index in [1.165, 1.54) is 13.3 Å². The molecule has 0 fully saturated rings. The van der Waals surface area contributed by atoms with Gasteiger partial charge in [0.2, 0.25) is 0 Å². The molecule has 0 aromatic heterocycles. The molecule has 0 spiro atoms. The number of carbonyl (C=O) groups is 1. The Morgan fingerprint density at radius 1 is 1.21 bits per heavy atom. The van der Waals surface area contributed by atoms with E-state index >= 15 is 0 Å². The summed E-state index contributed by atoms with van der Waals surface area (Å²) in [6.45, 7) is 7.00. The SMILES string of the molecule is CCOc1cc(/C=N/NC(=O)c2ccccc2OC)cc(Cl)c1OCC(C)C. The minimum atomic E-state index is -0.373. The summed E-state index contributed by atoms with van der Waals surface area (Å²) in [5, 5.41) is 4.42. The highest BCUT2D eigenvalue weighted by atomic mass is 35.5. The third-order valence-corrected chi connectivity index (χ3v) is 3.90. The van der Waals surface area contributed by atoms with Gasteiger partial charge in [0, 0.05) is 0 Å². The van der Waals surface area contributed by atoms with Gasteiger partial charge in [-0.1, -0.05) is 37.6 Å². The molecule has 0 unspecified atom stereocenters. The van der Waals surface area contributed by atoms with Crippen molar-refractivity contribution in [3.05, 3.63) is 52.5 Å². The molecule has 0 radical (unpaired) electrons. The van der Waals surface area contributed by atoms with Gasteiger partial charge in [-0.15, -0.1) is 0 Å². The second-order valence-corrected chi connectivity index (χ2v) is 6.77. The first-order chi connectivity index (χ1) is 13.5. The number of rotatable bonds is 9. The molecule has 1 amide bonds. The summed E-state index contributed by atoms with van der Waals surface area (Å²) >= 11 is 6.36. The third kappa shape index (κ3) is 5.89. The molecule has 7 heteroatoms. The van der Waals surface area contributed by atoms with E-state index in [0.717, 1.165) is 0 Å². The molecule has 150 valence electrons. The first-order valence-corrected chi connectivity index (χ1v) is 9.39. The molecule has 0 heterocycles. The molecule has 0 aliphatic carbocycles. The first-order valence-electron chi connectivity index (χ1n) is 9.01. The van der Waals surface area contributed by atoms with Crippen LogP contribution in [0.2, 0.25) is 5.02 Å². The van der Waals surface area contributed by atoms with Crippen LogP contribution in [0.3, 0.4) is 0 Å². The summed E-state index contributed by atoms with van der Waals surface area (Å²) in [5.74, 6) is 1.50. The van der Waals surface area contributed by atoms with Crippen LogP contribution in [-0.2, 0) is 0 Å². The topological polar surface area (TPSA) is 69.2 Å². The van der Waals surface area contributed by atoms with Crippen molar-refractivity contribution in [1.29, 1.82) is 0 Å². The molecule has 0 saturated heterocycles. The fraction of sp³-hybridized carbons (Fsp3) is 0.333. The van der Waals surface area contributed by atoms with Crippen molar-refractivity contribution in [2.75, 3.05) is 20.3 Å². The number of nitrogens with zero attached hydrogens (tertiary/aromatic N) is 1. The number of hydrogen-bond acceptors (Lipinski definition) is 5. The Morgan fingerprint density at radius 3 is 2.64 bits per heavy atom. The monoisotopic (exact) mass is 404 g/mol. The summed E-state index contributed by atoms with van der Waals surface area (Å²) in [7, 11) is 1.51. The number of ether oxygens (including phenoxy) is 3. The molecule has 28 heavy (non-hydrogen) atoms. The van der Waals surface area contributed by atoms with Crippen LogP contribution in [0.15, 0.2) is 41.5 Å². The van der Waals surface area contributed by atoms with E-state index in [1.54, 1.807) is 36.4 Å². The van der Waals surface area contributed by atoms with Gasteiger partial charge in [-0.25, -0.2) is 5.43 Å². The van der Waals surface area contributed by atoms with Crippen LogP contribution in [-0.4, -0.2) is 32.4 Å². The number of amides is 1. The fourth-order valence-corrected chi connectivity index (χ4v) is 2.65. The average Bonchev–Trinajstić information content (AvgIpc) is 2.67. The van der Waals surface area contributed by atoms with E-state index in [0.29, 0.717) is 52.5 Å². The lowest BCUT2D eigenvalue weighted by Gasteiger charge is -2.15. The minimum absolute atomic E-state index is 0.358. The number of hydrogen-bond donors (Lipinski definition) is 1. The van der Waals surface area contributed by atoms with Gasteiger partial charge in [-0.05, 0) is 42.7 Å². The zero-order valence-electron chi connectivity index (χ0n) is 16.5. The Morgan fingerprint density at radius 2 is 1.96 bits per heavy atom. The van der Waals surface area contributed by atoms with Crippen LogP contribution in [0.4, 0.5) is 0 Å². The van der Waals surface area contributed by atoms with Crippen molar-refractivity contribution < 1.29 is 19.0 Å². The number of halogens is 1. The number of hydrazone groups is 1. The molecule has 0 bridgehead atoms. The normalized spacial score (nSPS) is 10.9. The van der Waals surface area contributed by atoms with E-state index in [1.807, 2.05) is 6.92 Å². The molecule has 0 saturated carbocycles. The van der Waals surface area contributed by atoms with E-state index in [9.17, 15) is 4.79 Å². The number of nitrogens with one attached hydrogen (secondary N) is 1. The zero-order chi connectivity index (χ0) is 20.5. The van der Waals surface area contributed by atoms with Gasteiger partial charge in [0.05, 0.1) is 37.1 Å². The van der Waals surface area contributed by atoms with Crippen molar-refractivity contribution in [1.82, 2.24) is 5.43 Å². The Kier molecular flexibility index (Phi) is 8.14. The highest BCUT2D eigenvalue weighted by Gasteiger charge is 2.13. The van der Waals surface area contributed by atoms with Gasteiger partial charge in [0.15, 0.2) is 11.5 Å². The minimum Gasteiger partial charge on any atom is -0.496 e. The summed E-state index contributed by atoms with van der Waals surface area (Å²) in [5.41, 5.74) is 3.55. The summed E-state index contributed by atoms with van der Waals surface area (Å²) in [4.78, 5) is 12.3. The highest BCUT2D eigenvalue weighted by Crippen LogP contribution is 2.36. The number of benzene rings is 2. The van der Waals surface area contributed by atoms with Crippen LogP contribution in [0.25, 0.3) is 0 Å². The van der Waals surface area contributed by atoms with Crippen molar-refractivity contribution in [2.24, 2.45) is 11.0 Å². The van der Waals surface area contributed by atoms with Gasteiger partial charge in [0.25, 0.3) is 5.91 Å². The first kappa shape index (κ1) is 21.6. The van der Waals surface area contributed by atoms with Gasteiger partial charge in [-0.3, -0.25) is 4.79 Å². The summed E-state index contributed by atoms with van der Waals surface area (Å²) in [6.07, 6.45) is 1.49. The molecule has 2 aromatic carbocycles. The standard InChI is InChI=1S/C21H25ClN2O4/c1-5-27-19-11-15(10-17(22)20(19)28-13-14(2)3)12-23-24-21(25)16-8-6-7-9-18(16)26-4/h6-12,14H,5,13H2,1-4H3,(H,24,25)/b23-12+. The highest BCUT2D eigenvalue weighted by molar-refractivity contribution is 6.32.